The third-order valence-corrected chi connectivity index (χ3v) is 4.06. The fourth-order valence-electron chi connectivity index (χ4n) is 2.05. The first-order chi connectivity index (χ1) is 11.2. The number of rotatable bonds is 5. The molecule has 3 rings (SSSR count). The first-order valence-corrected chi connectivity index (χ1v) is 8.09. The van der Waals surface area contributed by atoms with Crippen molar-refractivity contribution in [1.29, 1.82) is 0 Å². The number of nitrogens with one attached hydrogen (secondary N) is 1. The summed E-state index contributed by atoms with van der Waals surface area (Å²) < 4.78 is 5.74. The Labute approximate surface area is 138 Å². The monoisotopic (exact) mass is 324 g/mol. The molecular weight excluding hydrogens is 308 g/mol. The van der Waals surface area contributed by atoms with Crippen LogP contribution in [0.15, 0.2) is 60.0 Å². The Morgan fingerprint density at radius 2 is 2.00 bits per heavy atom. The molecule has 3 aromatic rings. The van der Waals surface area contributed by atoms with Crippen LogP contribution in [0, 0.1) is 6.92 Å². The molecule has 5 heteroatoms. The third kappa shape index (κ3) is 4.17. The molecule has 116 valence electrons. The fourth-order valence-corrected chi connectivity index (χ4v) is 2.73. The van der Waals surface area contributed by atoms with Crippen molar-refractivity contribution in [2.75, 3.05) is 5.32 Å². The fraction of sp³-hybridized carbons (Fsp3) is 0.111. The molecule has 0 radical (unpaired) electrons. The minimum absolute atomic E-state index is 0.190. The van der Waals surface area contributed by atoms with Gasteiger partial charge in [0, 0.05) is 10.9 Å². The molecule has 23 heavy (non-hydrogen) atoms. The van der Waals surface area contributed by atoms with Gasteiger partial charge in [-0.3, -0.25) is 10.1 Å². The van der Waals surface area contributed by atoms with Gasteiger partial charge in [0.05, 0.1) is 5.69 Å². The quantitative estimate of drug-likeness (QED) is 0.762. The van der Waals surface area contributed by atoms with Crippen molar-refractivity contribution < 1.29 is 9.53 Å². The summed E-state index contributed by atoms with van der Waals surface area (Å²) in [7, 11) is 0. The summed E-state index contributed by atoms with van der Waals surface area (Å²) in [5.74, 6) is 0.473. The third-order valence-electron chi connectivity index (χ3n) is 3.18. The van der Waals surface area contributed by atoms with E-state index in [1.165, 1.54) is 11.3 Å². The second-order valence-electron chi connectivity index (χ2n) is 5.05. The lowest BCUT2D eigenvalue weighted by atomic mass is 10.2. The van der Waals surface area contributed by atoms with Gasteiger partial charge in [-0.2, -0.15) is 0 Å². The van der Waals surface area contributed by atoms with Gasteiger partial charge in [-0.25, -0.2) is 4.98 Å². The summed E-state index contributed by atoms with van der Waals surface area (Å²) in [4.78, 5) is 16.5. The summed E-state index contributed by atoms with van der Waals surface area (Å²) in [5, 5.41) is 5.29. The number of aromatic nitrogens is 1. The molecule has 0 spiro atoms. The predicted molar refractivity (Wildman–Crippen MR) is 92.0 cm³/mol. The molecule has 0 aliphatic carbocycles. The Kier molecular flexibility index (Phi) is 4.68. The predicted octanol–water partition coefficient (Wildman–Crippen LogP) is 4.28. The molecule has 1 amide bonds. The highest BCUT2D eigenvalue weighted by Crippen LogP contribution is 2.18. The van der Waals surface area contributed by atoms with Gasteiger partial charge in [-0.1, -0.05) is 36.4 Å². The molecule has 0 unspecified atom stereocenters. The van der Waals surface area contributed by atoms with Gasteiger partial charge < -0.3 is 4.74 Å². The summed E-state index contributed by atoms with van der Waals surface area (Å²) in [6.07, 6.45) is 0. The molecule has 0 aliphatic rings. The topological polar surface area (TPSA) is 51.2 Å². The molecule has 0 saturated carbocycles. The van der Waals surface area contributed by atoms with Crippen LogP contribution in [0.2, 0.25) is 0 Å². The van der Waals surface area contributed by atoms with E-state index in [1.807, 2.05) is 54.8 Å². The molecule has 0 fully saturated rings. The van der Waals surface area contributed by atoms with E-state index >= 15 is 0 Å². The number of nitrogens with zero attached hydrogens (tertiary/aromatic N) is 1. The van der Waals surface area contributed by atoms with Crippen LogP contribution < -0.4 is 10.1 Å². The van der Waals surface area contributed by atoms with E-state index in [-0.39, 0.29) is 5.91 Å². The lowest BCUT2D eigenvalue weighted by Gasteiger charge is -2.08. The molecule has 0 atom stereocenters. The first-order valence-electron chi connectivity index (χ1n) is 7.21. The average molecular weight is 324 g/mol. The van der Waals surface area contributed by atoms with Gasteiger partial charge in [0.25, 0.3) is 5.91 Å². The highest BCUT2D eigenvalue weighted by atomic mass is 32.1. The zero-order valence-corrected chi connectivity index (χ0v) is 13.5. The standard InChI is InChI=1S/C18H16N2O2S/c1-13-12-23-18(19-13)20-17(21)15-8-5-9-16(10-15)22-11-14-6-3-2-4-7-14/h2-10,12H,11H2,1H3,(H,19,20,21). The number of carbonyl (C=O) groups is 1. The van der Waals surface area contributed by atoms with Crippen LogP contribution in [-0.4, -0.2) is 10.9 Å². The summed E-state index contributed by atoms with van der Waals surface area (Å²) in [6.45, 7) is 2.36. The van der Waals surface area contributed by atoms with Gasteiger partial charge >= 0.3 is 0 Å². The molecule has 2 aromatic carbocycles. The Bertz CT molecular complexity index is 800. The van der Waals surface area contributed by atoms with E-state index in [2.05, 4.69) is 10.3 Å². The number of benzene rings is 2. The second-order valence-corrected chi connectivity index (χ2v) is 5.91. The Balaban J connectivity index is 1.65. The SMILES string of the molecule is Cc1csc(NC(=O)c2cccc(OCc3ccccc3)c2)n1. The van der Waals surface area contributed by atoms with Crippen LogP contribution in [0.25, 0.3) is 0 Å². The van der Waals surface area contributed by atoms with Crippen LogP contribution in [0.5, 0.6) is 5.75 Å². The van der Waals surface area contributed by atoms with Crippen molar-refractivity contribution in [2.45, 2.75) is 13.5 Å². The molecule has 1 heterocycles. The average Bonchev–Trinajstić information content (AvgIpc) is 2.99. The minimum atomic E-state index is -0.190. The van der Waals surface area contributed by atoms with E-state index in [0.717, 1.165) is 11.3 Å². The molecule has 4 nitrogen and oxygen atoms in total. The Morgan fingerprint density at radius 3 is 2.74 bits per heavy atom. The summed E-state index contributed by atoms with van der Waals surface area (Å²) in [6, 6.07) is 17.0. The van der Waals surface area contributed by atoms with E-state index < -0.39 is 0 Å². The Hall–Kier alpha value is -2.66. The number of ether oxygens (including phenoxy) is 1. The van der Waals surface area contributed by atoms with Crippen LogP contribution in [-0.2, 0) is 6.61 Å². The van der Waals surface area contributed by atoms with Crippen molar-refractivity contribution in [2.24, 2.45) is 0 Å². The maximum atomic E-state index is 12.2. The van der Waals surface area contributed by atoms with Gasteiger partial charge in [0.1, 0.15) is 12.4 Å². The highest BCUT2D eigenvalue weighted by Gasteiger charge is 2.09. The van der Waals surface area contributed by atoms with E-state index in [0.29, 0.717) is 23.1 Å². The molecule has 0 aliphatic heterocycles. The molecule has 0 bridgehead atoms. The maximum Gasteiger partial charge on any atom is 0.257 e. The second kappa shape index (κ2) is 7.07. The van der Waals surface area contributed by atoms with E-state index in [1.54, 1.807) is 12.1 Å². The Morgan fingerprint density at radius 1 is 1.17 bits per heavy atom. The number of anilines is 1. The largest absolute Gasteiger partial charge is 0.489 e. The van der Waals surface area contributed by atoms with Gasteiger partial charge in [0.15, 0.2) is 5.13 Å². The number of aryl methyl sites for hydroxylation is 1. The van der Waals surface area contributed by atoms with Gasteiger partial charge in [-0.15, -0.1) is 11.3 Å². The van der Waals surface area contributed by atoms with Gasteiger partial charge in [-0.05, 0) is 30.7 Å². The van der Waals surface area contributed by atoms with Crippen molar-refractivity contribution in [1.82, 2.24) is 4.98 Å². The first kappa shape index (κ1) is 15.2. The molecular formula is C18H16N2O2S. The van der Waals surface area contributed by atoms with Crippen LogP contribution in [0.4, 0.5) is 5.13 Å². The smallest absolute Gasteiger partial charge is 0.257 e. The van der Waals surface area contributed by atoms with Crippen LogP contribution >= 0.6 is 11.3 Å². The summed E-state index contributed by atoms with van der Waals surface area (Å²) in [5.41, 5.74) is 2.52. The number of carbonyl (C=O) groups excluding carboxylic acids is 1. The van der Waals surface area contributed by atoms with Crippen molar-refractivity contribution in [3.63, 3.8) is 0 Å². The molecule has 0 saturated heterocycles. The van der Waals surface area contributed by atoms with Crippen molar-refractivity contribution >= 4 is 22.4 Å². The molecule has 1 aromatic heterocycles. The highest BCUT2D eigenvalue weighted by molar-refractivity contribution is 7.13. The number of amides is 1. The van der Waals surface area contributed by atoms with Gasteiger partial charge in [0.2, 0.25) is 0 Å². The number of hydrogen-bond donors (Lipinski definition) is 1. The maximum absolute atomic E-state index is 12.2. The van der Waals surface area contributed by atoms with Crippen LogP contribution in [0.3, 0.4) is 0 Å². The lowest BCUT2D eigenvalue weighted by molar-refractivity contribution is 0.102. The minimum Gasteiger partial charge on any atom is -0.489 e. The van der Waals surface area contributed by atoms with Crippen LogP contribution in [0.1, 0.15) is 21.6 Å². The van der Waals surface area contributed by atoms with E-state index in [4.69, 9.17) is 4.74 Å². The van der Waals surface area contributed by atoms with Crippen molar-refractivity contribution in [3.05, 3.63) is 76.8 Å². The normalized spacial score (nSPS) is 10.3. The van der Waals surface area contributed by atoms with Crippen molar-refractivity contribution in [3.8, 4) is 5.75 Å². The number of thiazole rings is 1. The zero-order valence-electron chi connectivity index (χ0n) is 12.7. The van der Waals surface area contributed by atoms with E-state index in [9.17, 15) is 4.79 Å². The lowest BCUT2D eigenvalue weighted by Crippen LogP contribution is -2.11. The zero-order chi connectivity index (χ0) is 16.1. The summed E-state index contributed by atoms with van der Waals surface area (Å²) >= 11 is 1.41. The number of hydrogen-bond acceptors (Lipinski definition) is 4. The molecule has 1 N–H and O–H groups in total.